The highest BCUT2D eigenvalue weighted by atomic mass is 16.5. The van der Waals surface area contributed by atoms with E-state index in [1.165, 1.54) is 12.8 Å². The van der Waals surface area contributed by atoms with Crippen LogP contribution in [0.4, 0.5) is 0 Å². The molecule has 1 aliphatic carbocycles. The van der Waals surface area contributed by atoms with Gasteiger partial charge in [-0.3, -0.25) is 0 Å². The summed E-state index contributed by atoms with van der Waals surface area (Å²) in [6.45, 7) is 0. The zero-order valence-corrected chi connectivity index (χ0v) is 6.80. The van der Waals surface area contributed by atoms with E-state index >= 15 is 0 Å². The molecule has 1 saturated carbocycles. The maximum absolute atomic E-state index is 5.27. The van der Waals surface area contributed by atoms with Crippen molar-refractivity contribution in [2.24, 2.45) is 0 Å². The normalized spacial score (nSPS) is 34.2. The van der Waals surface area contributed by atoms with Crippen molar-refractivity contribution in [3.8, 4) is 0 Å². The molecule has 1 unspecified atom stereocenters. The van der Waals surface area contributed by atoms with Crippen molar-refractivity contribution in [1.29, 1.82) is 0 Å². The average Bonchev–Trinajstić information content (AvgIpc) is 2.04. The van der Waals surface area contributed by atoms with Gasteiger partial charge in [-0.25, -0.2) is 0 Å². The minimum atomic E-state index is 0.346. The summed E-state index contributed by atoms with van der Waals surface area (Å²) < 4.78 is 10.5. The van der Waals surface area contributed by atoms with Crippen molar-refractivity contribution in [3.63, 3.8) is 0 Å². The van der Waals surface area contributed by atoms with E-state index in [1.54, 1.807) is 14.2 Å². The van der Waals surface area contributed by atoms with E-state index in [1.807, 2.05) is 0 Å². The molecule has 0 aromatic heterocycles. The zero-order chi connectivity index (χ0) is 7.40. The summed E-state index contributed by atoms with van der Waals surface area (Å²) in [5, 5.41) is 0. The van der Waals surface area contributed by atoms with Gasteiger partial charge in [0.2, 0.25) is 0 Å². The van der Waals surface area contributed by atoms with Crippen LogP contribution in [0.2, 0.25) is 0 Å². The summed E-state index contributed by atoms with van der Waals surface area (Å²) in [4.78, 5) is 0. The third kappa shape index (κ3) is 1.70. The van der Waals surface area contributed by atoms with Crippen LogP contribution in [-0.2, 0) is 9.47 Å². The van der Waals surface area contributed by atoms with Crippen molar-refractivity contribution in [3.05, 3.63) is 0 Å². The SMILES string of the molecule is COC1CCCC[C@@H]1OC. The van der Waals surface area contributed by atoms with E-state index in [4.69, 9.17) is 9.47 Å². The standard InChI is InChI=1S/C8H16O2/c1-9-7-5-3-4-6-8(7)10-2/h7-8H,3-6H2,1-2H3/t7-,8?/m0/s1. The fourth-order valence-corrected chi connectivity index (χ4v) is 1.60. The molecule has 0 aliphatic heterocycles. The van der Waals surface area contributed by atoms with Gasteiger partial charge in [0.25, 0.3) is 0 Å². The summed E-state index contributed by atoms with van der Waals surface area (Å²) in [6, 6.07) is 0. The third-order valence-corrected chi connectivity index (χ3v) is 2.25. The van der Waals surface area contributed by atoms with E-state index in [-0.39, 0.29) is 0 Å². The maximum Gasteiger partial charge on any atom is 0.0832 e. The van der Waals surface area contributed by atoms with Gasteiger partial charge in [0.15, 0.2) is 0 Å². The maximum atomic E-state index is 5.27. The third-order valence-electron chi connectivity index (χ3n) is 2.25. The Kier molecular flexibility index (Phi) is 3.16. The molecule has 1 aliphatic rings. The Morgan fingerprint density at radius 3 is 1.60 bits per heavy atom. The van der Waals surface area contributed by atoms with Crippen LogP contribution in [0.1, 0.15) is 25.7 Å². The number of rotatable bonds is 2. The van der Waals surface area contributed by atoms with Crippen molar-refractivity contribution in [2.45, 2.75) is 37.9 Å². The molecule has 1 fully saturated rings. The van der Waals surface area contributed by atoms with Gasteiger partial charge in [0, 0.05) is 14.2 Å². The summed E-state index contributed by atoms with van der Waals surface area (Å²) in [5.74, 6) is 0. The number of hydrogen-bond acceptors (Lipinski definition) is 2. The molecule has 2 heteroatoms. The predicted molar refractivity (Wildman–Crippen MR) is 40.1 cm³/mol. The Morgan fingerprint density at radius 2 is 1.30 bits per heavy atom. The Labute approximate surface area is 62.5 Å². The highest BCUT2D eigenvalue weighted by Crippen LogP contribution is 2.22. The summed E-state index contributed by atoms with van der Waals surface area (Å²) in [7, 11) is 3.53. The van der Waals surface area contributed by atoms with Crippen LogP contribution in [-0.4, -0.2) is 26.4 Å². The average molecular weight is 144 g/mol. The molecule has 2 nitrogen and oxygen atoms in total. The van der Waals surface area contributed by atoms with E-state index in [9.17, 15) is 0 Å². The Balaban J connectivity index is 2.34. The van der Waals surface area contributed by atoms with Crippen molar-refractivity contribution >= 4 is 0 Å². The van der Waals surface area contributed by atoms with Crippen molar-refractivity contribution in [2.75, 3.05) is 14.2 Å². The molecule has 2 atom stereocenters. The van der Waals surface area contributed by atoms with Gasteiger partial charge in [-0.2, -0.15) is 0 Å². The Hall–Kier alpha value is -0.0800. The van der Waals surface area contributed by atoms with E-state index < -0.39 is 0 Å². The second kappa shape index (κ2) is 3.94. The Bertz CT molecular complexity index is 81.3. The highest BCUT2D eigenvalue weighted by molar-refractivity contribution is 4.75. The second-order valence-electron chi connectivity index (χ2n) is 2.83. The van der Waals surface area contributed by atoms with Gasteiger partial charge in [-0.15, -0.1) is 0 Å². The zero-order valence-electron chi connectivity index (χ0n) is 6.80. The molecule has 1 rings (SSSR count). The first kappa shape index (κ1) is 8.02. The minimum Gasteiger partial charge on any atom is -0.379 e. The van der Waals surface area contributed by atoms with Crippen molar-refractivity contribution in [1.82, 2.24) is 0 Å². The van der Waals surface area contributed by atoms with Crippen molar-refractivity contribution < 1.29 is 9.47 Å². The molecule has 0 radical (unpaired) electrons. The fraction of sp³-hybridized carbons (Fsp3) is 1.00. The molecule has 0 N–H and O–H groups in total. The molecule has 0 aromatic rings. The number of hydrogen-bond donors (Lipinski definition) is 0. The lowest BCUT2D eigenvalue weighted by Crippen LogP contribution is -2.32. The molecule has 10 heavy (non-hydrogen) atoms. The lowest BCUT2D eigenvalue weighted by Gasteiger charge is -2.28. The van der Waals surface area contributed by atoms with Gasteiger partial charge in [-0.1, -0.05) is 12.8 Å². The van der Waals surface area contributed by atoms with Gasteiger partial charge in [0.1, 0.15) is 0 Å². The van der Waals surface area contributed by atoms with Gasteiger partial charge in [-0.05, 0) is 12.8 Å². The molecule has 60 valence electrons. The predicted octanol–water partition coefficient (Wildman–Crippen LogP) is 1.59. The molecule has 0 heterocycles. The second-order valence-corrected chi connectivity index (χ2v) is 2.83. The first-order valence-electron chi connectivity index (χ1n) is 3.94. The largest absolute Gasteiger partial charge is 0.379 e. The van der Waals surface area contributed by atoms with Gasteiger partial charge >= 0.3 is 0 Å². The van der Waals surface area contributed by atoms with Gasteiger partial charge in [0.05, 0.1) is 12.2 Å². The smallest absolute Gasteiger partial charge is 0.0832 e. The summed E-state index contributed by atoms with van der Waals surface area (Å²) in [5.41, 5.74) is 0. The van der Waals surface area contributed by atoms with Crippen LogP contribution < -0.4 is 0 Å². The van der Waals surface area contributed by atoms with E-state index in [0.717, 1.165) is 12.8 Å². The monoisotopic (exact) mass is 144 g/mol. The first-order chi connectivity index (χ1) is 4.88. The van der Waals surface area contributed by atoms with Crippen LogP contribution >= 0.6 is 0 Å². The van der Waals surface area contributed by atoms with Crippen LogP contribution in [0, 0.1) is 0 Å². The Morgan fingerprint density at radius 1 is 0.900 bits per heavy atom. The van der Waals surface area contributed by atoms with Crippen LogP contribution in [0.3, 0.4) is 0 Å². The van der Waals surface area contributed by atoms with Crippen LogP contribution in [0.25, 0.3) is 0 Å². The van der Waals surface area contributed by atoms with E-state index in [2.05, 4.69) is 0 Å². The van der Waals surface area contributed by atoms with Gasteiger partial charge < -0.3 is 9.47 Å². The number of ether oxygens (including phenoxy) is 2. The van der Waals surface area contributed by atoms with Crippen LogP contribution in [0.5, 0.6) is 0 Å². The highest BCUT2D eigenvalue weighted by Gasteiger charge is 2.23. The molecule has 0 saturated heterocycles. The molecule has 0 amide bonds. The molecule has 0 aromatic carbocycles. The minimum absolute atomic E-state index is 0.346. The quantitative estimate of drug-likeness (QED) is 0.586. The molecular weight excluding hydrogens is 128 g/mol. The molecule has 0 spiro atoms. The lowest BCUT2D eigenvalue weighted by molar-refractivity contribution is -0.0577. The first-order valence-corrected chi connectivity index (χ1v) is 3.94. The number of methoxy groups -OCH3 is 2. The fourth-order valence-electron chi connectivity index (χ4n) is 1.60. The molecular formula is C8H16O2. The van der Waals surface area contributed by atoms with Crippen LogP contribution in [0.15, 0.2) is 0 Å². The summed E-state index contributed by atoms with van der Waals surface area (Å²) in [6.07, 6.45) is 5.60. The summed E-state index contributed by atoms with van der Waals surface area (Å²) >= 11 is 0. The molecule has 0 bridgehead atoms. The van der Waals surface area contributed by atoms with E-state index in [0.29, 0.717) is 12.2 Å². The topological polar surface area (TPSA) is 18.5 Å². The lowest BCUT2D eigenvalue weighted by atomic mass is 9.95.